The van der Waals surface area contributed by atoms with Gasteiger partial charge >= 0.3 is 12.1 Å². The van der Waals surface area contributed by atoms with Gasteiger partial charge in [-0.2, -0.15) is 0 Å². The third-order valence-corrected chi connectivity index (χ3v) is 7.30. The fraction of sp³-hybridized carbons (Fsp3) is 0.444. The molecule has 2 aromatic rings. The van der Waals surface area contributed by atoms with Crippen LogP contribution < -0.4 is 10.6 Å². The van der Waals surface area contributed by atoms with Crippen molar-refractivity contribution in [3.63, 3.8) is 0 Å². The van der Waals surface area contributed by atoms with Crippen LogP contribution in [0.1, 0.15) is 50.2 Å². The minimum absolute atomic E-state index is 0.0336. The summed E-state index contributed by atoms with van der Waals surface area (Å²) in [6.45, 7) is 4.23. The maximum absolute atomic E-state index is 12.8. The fourth-order valence-electron chi connectivity index (χ4n) is 5.09. The number of amides is 2. The first-order valence-electron chi connectivity index (χ1n) is 12.2. The molecule has 1 saturated heterocycles. The minimum atomic E-state index is -1.33. The van der Waals surface area contributed by atoms with Crippen molar-refractivity contribution in [2.24, 2.45) is 5.92 Å². The first-order chi connectivity index (χ1) is 16.9. The Hall–Kier alpha value is -3.39. The predicted octanol–water partition coefficient (Wildman–Crippen LogP) is 3.69. The van der Waals surface area contributed by atoms with E-state index in [1.54, 1.807) is 13.8 Å². The van der Waals surface area contributed by atoms with Gasteiger partial charge in [0.2, 0.25) is 5.91 Å². The first-order valence-corrected chi connectivity index (χ1v) is 12.2. The summed E-state index contributed by atoms with van der Waals surface area (Å²) in [7, 11) is 0. The molecule has 2 atom stereocenters. The molecule has 1 aliphatic carbocycles. The van der Waals surface area contributed by atoms with Gasteiger partial charge in [-0.05, 0) is 41.5 Å². The van der Waals surface area contributed by atoms with Crippen LogP contribution in [0.4, 0.5) is 4.79 Å². The number of alkyl carbamates (subject to hydrolysis) is 1. The van der Waals surface area contributed by atoms with Crippen LogP contribution in [0.15, 0.2) is 48.5 Å². The zero-order valence-electron chi connectivity index (χ0n) is 20.1. The summed E-state index contributed by atoms with van der Waals surface area (Å²) >= 11 is 0. The van der Waals surface area contributed by atoms with Crippen LogP contribution in [-0.2, 0) is 19.1 Å². The molecule has 4 rings (SSSR count). The molecule has 0 bridgehead atoms. The summed E-state index contributed by atoms with van der Waals surface area (Å²) in [5.41, 5.74) is 3.26. The Labute approximate surface area is 205 Å². The van der Waals surface area contributed by atoms with Gasteiger partial charge in [0.1, 0.15) is 18.2 Å². The van der Waals surface area contributed by atoms with Gasteiger partial charge in [0.25, 0.3) is 0 Å². The Morgan fingerprint density at radius 2 is 1.63 bits per heavy atom. The van der Waals surface area contributed by atoms with Crippen LogP contribution in [0.25, 0.3) is 11.1 Å². The van der Waals surface area contributed by atoms with Gasteiger partial charge in [-0.1, -0.05) is 62.4 Å². The predicted molar refractivity (Wildman–Crippen MR) is 130 cm³/mol. The van der Waals surface area contributed by atoms with Crippen molar-refractivity contribution >= 4 is 18.0 Å². The monoisotopic (exact) mass is 480 g/mol. The maximum atomic E-state index is 12.8. The lowest BCUT2D eigenvalue weighted by Crippen LogP contribution is -2.57. The molecule has 0 unspecified atom stereocenters. The summed E-state index contributed by atoms with van der Waals surface area (Å²) in [5.74, 6) is -1.83. The van der Waals surface area contributed by atoms with Gasteiger partial charge in [0.15, 0.2) is 0 Å². The Morgan fingerprint density at radius 1 is 1.03 bits per heavy atom. The molecular formula is C27H32N2O6. The molecule has 1 fully saturated rings. The Kier molecular flexibility index (Phi) is 7.40. The second-order valence-corrected chi connectivity index (χ2v) is 9.13. The van der Waals surface area contributed by atoms with E-state index < -0.39 is 29.6 Å². The average molecular weight is 481 g/mol. The summed E-state index contributed by atoms with van der Waals surface area (Å²) < 4.78 is 11.2. The van der Waals surface area contributed by atoms with Crippen LogP contribution in [-0.4, -0.2) is 54.5 Å². The second kappa shape index (κ2) is 10.5. The van der Waals surface area contributed by atoms with Crippen molar-refractivity contribution in [1.29, 1.82) is 0 Å². The van der Waals surface area contributed by atoms with E-state index in [0.717, 1.165) is 22.3 Å². The third kappa shape index (κ3) is 4.89. The van der Waals surface area contributed by atoms with Crippen molar-refractivity contribution in [3.8, 4) is 11.1 Å². The van der Waals surface area contributed by atoms with Gasteiger partial charge in [0.05, 0.1) is 0 Å². The fourth-order valence-corrected chi connectivity index (χ4v) is 5.09. The Morgan fingerprint density at radius 3 is 2.20 bits per heavy atom. The summed E-state index contributed by atoms with van der Waals surface area (Å²) in [5, 5.41) is 15.0. The third-order valence-electron chi connectivity index (χ3n) is 7.30. The minimum Gasteiger partial charge on any atom is -0.480 e. The summed E-state index contributed by atoms with van der Waals surface area (Å²) in [4.78, 5) is 37.1. The molecule has 8 heteroatoms. The van der Waals surface area contributed by atoms with Crippen LogP contribution in [0, 0.1) is 5.92 Å². The van der Waals surface area contributed by atoms with Crippen LogP contribution >= 0.6 is 0 Å². The number of rotatable bonds is 9. The molecule has 0 radical (unpaired) electrons. The molecular weight excluding hydrogens is 448 g/mol. The molecule has 0 aromatic heterocycles. The number of carbonyl (C=O) groups is 3. The highest BCUT2D eigenvalue weighted by atomic mass is 16.5. The first kappa shape index (κ1) is 24.7. The van der Waals surface area contributed by atoms with E-state index in [2.05, 4.69) is 34.9 Å². The summed E-state index contributed by atoms with van der Waals surface area (Å²) in [6.07, 6.45) is -0.263. The molecule has 1 aliphatic heterocycles. The molecule has 35 heavy (non-hydrogen) atoms. The van der Waals surface area contributed by atoms with Gasteiger partial charge < -0.3 is 25.2 Å². The highest BCUT2D eigenvalue weighted by Crippen LogP contribution is 2.44. The number of benzene rings is 2. The highest BCUT2D eigenvalue weighted by molar-refractivity contribution is 5.89. The smallest absolute Gasteiger partial charge is 0.407 e. The normalized spacial score (nSPS) is 19.0. The van der Waals surface area contributed by atoms with Crippen molar-refractivity contribution in [2.75, 3.05) is 19.8 Å². The molecule has 186 valence electrons. The SMILES string of the molecule is CCC(CC)(NC(=O)[C@H]1OCC[C@H]1CNC(=O)OCC1c2ccccc2-c2ccccc21)C(=O)O. The van der Waals surface area contributed by atoms with Crippen molar-refractivity contribution in [3.05, 3.63) is 59.7 Å². The van der Waals surface area contributed by atoms with Crippen LogP contribution in [0.3, 0.4) is 0 Å². The highest BCUT2D eigenvalue weighted by Gasteiger charge is 2.42. The lowest BCUT2D eigenvalue weighted by atomic mass is 9.91. The van der Waals surface area contributed by atoms with E-state index >= 15 is 0 Å². The van der Waals surface area contributed by atoms with E-state index in [-0.39, 0.29) is 37.8 Å². The van der Waals surface area contributed by atoms with Crippen LogP contribution in [0.5, 0.6) is 0 Å². The van der Waals surface area contributed by atoms with E-state index in [1.807, 2.05) is 24.3 Å². The molecule has 2 aliphatic rings. The topological polar surface area (TPSA) is 114 Å². The van der Waals surface area contributed by atoms with Crippen molar-refractivity contribution < 1.29 is 29.0 Å². The van der Waals surface area contributed by atoms with Crippen LogP contribution in [0.2, 0.25) is 0 Å². The lowest BCUT2D eigenvalue weighted by Gasteiger charge is -2.30. The number of aliphatic carboxylic acids is 1. The molecule has 1 heterocycles. The Balaban J connectivity index is 1.33. The van der Waals surface area contributed by atoms with Crippen molar-refractivity contribution in [1.82, 2.24) is 10.6 Å². The number of carboxylic acids is 1. The second-order valence-electron chi connectivity index (χ2n) is 9.13. The van der Waals surface area contributed by atoms with Crippen molar-refractivity contribution in [2.45, 2.75) is 50.7 Å². The number of fused-ring (bicyclic) bond motifs is 3. The zero-order chi connectivity index (χ0) is 25.0. The van der Waals surface area contributed by atoms with Gasteiger partial charge in [-0.15, -0.1) is 0 Å². The molecule has 0 spiro atoms. The number of ether oxygens (including phenoxy) is 2. The number of carboxylic acid groups (broad SMARTS) is 1. The van der Waals surface area contributed by atoms with E-state index in [9.17, 15) is 19.5 Å². The number of carbonyl (C=O) groups excluding carboxylic acids is 2. The van der Waals surface area contributed by atoms with E-state index in [0.29, 0.717) is 13.0 Å². The maximum Gasteiger partial charge on any atom is 0.407 e. The molecule has 2 aromatic carbocycles. The Bertz CT molecular complexity index is 1050. The largest absolute Gasteiger partial charge is 0.480 e. The quantitative estimate of drug-likeness (QED) is 0.504. The number of hydrogen-bond acceptors (Lipinski definition) is 5. The number of hydrogen-bond donors (Lipinski definition) is 3. The van der Waals surface area contributed by atoms with Gasteiger partial charge in [-0.25, -0.2) is 9.59 Å². The molecule has 2 amide bonds. The number of nitrogens with one attached hydrogen (secondary N) is 2. The standard InChI is InChI=1S/C27H32N2O6/c1-3-27(4-2,25(31)32)29-24(30)23-17(13-14-34-23)15-28-26(33)35-16-22-20-11-7-5-9-18(20)19-10-6-8-12-21(19)22/h5-12,17,22-23H,3-4,13-16H2,1-2H3,(H,28,33)(H,29,30)(H,31,32)/t17-,23-/m0/s1. The zero-order valence-corrected chi connectivity index (χ0v) is 20.1. The van der Waals surface area contributed by atoms with Gasteiger partial charge in [0, 0.05) is 25.0 Å². The summed E-state index contributed by atoms with van der Waals surface area (Å²) in [6, 6.07) is 16.3. The lowest BCUT2D eigenvalue weighted by molar-refractivity contribution is -0.150. The van der Waals surface area contributed by atoms with E-state index in [4.69, 9.17) is 9.47 Å². The molecule has 0 saturated carbocycles. The molecule has 8 nitrogen and oxygen atoms in total. The van der Waals surface area contributed by atoms with Gasteiger partial charge in [-0.3, -0.25) is 4.79 Å². The average Bonchev–Trinajstić information content (AvgIpc) is 3.47. The molecule has 3 N–H and O–H groups in total. The van der Waals surface area contributed by atoms with E-state index in [1.165, 1.54) is 0 Å².